The highest BCUT2D eigenvalue weighted by Gasteiger charge is 2.18. The summed E-state index contributed by atoms with van der Waals surface area (Å²) in [7, 11) is 0. The first-order valence-corrected chi connectivity index (χ1v) is 5.94. The van der Waals surface area contributed by atoms with Crippen molar-refractivity contribution in [2.45, 2.75) is 32.4 Å². The molecule has 0 bridgehead atoms. The van der Waals surface area contributed by atoms with Crippen molar-refractivity contribution < 1.29 is 19.7 Å². The fraction of sp³-hybridized carbons (Fsp3) is 0.462. The van der Waals surface area contributed by atoms with E-state index in [1.54, 1.807) is 32.9 Å². The predicted molar refractivity (Wildman–Crippen MR) is 70.9 cm³/mol. The number of carbonyl (C=O) groups is 1. The maximum atomic E-state index is 11.4. The SMILES string of the molecule is CC(C)(C)OC(=O)NCC(N)c1cccc(O)c1O. The second-order valence-electron chi connectivity index (χ2n) is 5.20. The van der Waals surface area contributed by atoms with Crippen molar-refractivity contribution in [3.63, 3.8) is 0 Å². The zero-order chi connectivity index (χ0) is 14.6. The summed E-state index contributed by atoms with van der Waals surface area (Å²) >= 11 is 0. The molecule has 1 aromatic carbocycles. The van der Waals surface area contributed by atoms with Gasteiger partial charge >= 0.3 is 6.09 Å². The minimum absolute atomic E-state index is 0.0892. The summed E-state index contributed by atoms with van der Waals surface area (Å²) in [6, 6.07) is 3.86. The summed E-state index contributed by atoms with van der Waals surface area (Å²) in [5, 5.41) is 21.5. The van der Waals surface area contributed by atoms with Crippen molar-refractivity contribution in [2.75, 3.05) is 6.54 Å². The number of hydrogen-bond donors (Lipinski definition) is 4. The van der Waals surface area contributed by atoms with Crippen molar-refractivity contribution in [3.8, 4) is 11.5 Å². The van der Waals surface area contributed by atoms with Crippen LogP contribution in [-0.2, 0) is 4.74 Å². The fourth-order valence-electron chi connectivity index (χ4n) is 1.47. The average molecular weight is 268 g/mol. The second-order valence-corrected chi connectivity index (χ2v) is 5.20. The van der Waals surface area contributed by atoms with Gasteiger partial charge in [-0.25, -0.2) is 4.79 Å². The molecule has 6 heteroatoms. The van der Waals surface area contributed by atoms with Crippen LogP contribution in [0.25, 0.3) is 0 Å². The molecule has 0 heterocycles. The zero-order valence-corrected chi connectivity index (χ0v) is 11.3. The number of amides is 1. The lowest BCUT2D eigenvalue weighted by Crippen LogP contribution is -2.36. The van der Waals surface area contributed by atoms with Gasteiger partial charge in [-0.15, -0.1) is 0 Å². The van der Waals surface area contributed by atoms with Crippen LogP contribution in [-0.4, -0.2) is 28.5 Å². The first kappa shape index (κ1) is 15.1. The quantitative estimate of drug-likeness (QED) is 0.623. The molecule has 0 aromatic heterocycles. The van der Waals surface area contributed by atoms with E-state index in [0.717, 1.165) is 0 Å². The third kappa shape index (κ3) is 4.67. The van der Waals surface area contributed by atoms with Crippen molar-refractivity contribution in [1.29, 1.82) is 0 Å². The van der Waals surface area contributed by atoms with Gasteiger partial charge in [-0.05, 0) is 26.8 Å². The Kier molecular flexibility index (Phi) is 4.61. The van der Waals surface area contributed by atoms with Crippen molar-refractivity contribution in [3.05, 3.63) is 23.8 Å². The summed E-state index contributed by atoms with van der Waals surface area (Å²) < 4.78 is 5.06. The van der Waals surface area contributed by atoms with Gasteiger partial charge < -0.3 is 26.0 Å². The van der Waals surface area contributed by atoms with Crippen LogP contribution in [0.4, 0.5) is 4.79 Å². The van der Waals surface area contributed by atoms with Crippen LogP contribution in [0.5, 0.6) is 11.5 Å². The Hall–Kier alpha value is -1.95. The van der Waals surface area contributed by atoms with E-state index in [4.69, 9.17) is 10.5 Å². The van der Waals surface area contributed by atoms with Crippen molar-refractivity contribution >= 4 is 6.09 Å². The summed E-state index contributed by atoms with van der Waals surface area (Å²) in [6.45, 7) is 5.36. The van der Waals surface area contributed by atoms with Crippen LogP contribution in [0.1, 0.15) is 32.4 Å². The standard InChI is InChI=1S/C13H20N2O4/c1-13(2,3)19-12(18)15-7-9(14)8-5-4-6-10(16)11(8)17/h4-6,9,16-17H,7,14H2,1-3H3,(H,15,18). The summed E-state index contributed by atoms with van der Waals surface area (Å²) in [6.07, 6.45) is -0.581. The number of aromatic hydroxyl groups is 2. The molecule has 106 valence electrons. The number of nitrogens with one attached hydrogen (secondary N) is 1. The van der Waals surface area contributed by atoms with Crippen LogP contribution in [0, 0.1) is 0 Å². The molecule has 0 aliphatic rings. The van der Waals surface area contributed by atoms with Gasteiger partial charge in [0.05, 0.1) is 6.04 Å². The van der Waals surface area contributed by atoms with Gasteiger partial charge in [-0.1, -0.05) is 12.1 Å². The van der Waals surface area contributed by atoms with Crippen LogP contribution >= 0.6 is 0 Å². The number of benzene rings is 1. The molecular formula is C13H20N2O4. The first-order chi connectivity index (χ1) is 8.70. The normalized spacial score (nSPS) is 12.8. The number of phenols is 2. The number of hydrogen-bond acceptors (Lipinski definition) is 5. The lowest BCUT2D eigenvalue weighted by Gasteiger charge is -2.21. The Bertz CT molecular complexity index is 454. The molecule has 19 heavy (non-hydrogen) atoms. The molecule has 0 aliphatic carbocycles. The number of phenolic OH excluding ortho intramolecular Hbond substituents is 2. The van der Waals surface area contributed by atoms with Gasteiger partial charge in [0.15, 0.2) is 11.5 Å². The van der Waals surface area contributed by atoms with E-state index in [9.17, 15) is 15.0 Å². The van der Waals surface area contributed by atoms with Gasteiger partial charge in [0.25, 0.3) is 0 Å². The number of rotatable bonds is 3. The van der Waals surface area contributed by atoms with E-state index < -0.39 is 17.7 Å². The minimum Gasteiger partial charge on any atom is -0.504 e. The highest BCUT2D eigenvalue weighted by molar-refractivity contribution is 5.67. The molecule has 1 unspecified atom stereocenters. The molecule has 1 rings (SSSR count). The lowest BCUT2D eigenvalue weighted by atomic mass is 10.1. The van der Waals surface area contributed by atoms with Crippen molar-refractivity contribution in [1.82, 2.24) is 5.32 Å². The monoisotopic (exact) mass is 268 g/mol. The molecule has 0 saturated heterocycles. The van der Waals surface area contributed by atoms with Crippen LogP contribution in [0.3, 0.4) is 0 Å². The molecule has 1 amide bonds. The Morgan fingerprint density at radius 3 is 2.63 bits per heavy atom. The maximum absolute atomic E-state index is 11.4. The van der Waals surface area contributed by atoms with Crippen LogP contribution in [0.15, 0.2) is 18.2 Å². The van der Waals surface area contributed by atoms with Crippen molar-refractivity contribution in [2.24, 2.45) is 5.73 Å². The Morgan fingerprint density at radius 2 is 2.05 bits per heavy atom. The minimum atomic E-state index is -0.639. The number of ether oxygens (including phenoxy) is 1. The lowest BCUT2D eigenvalue weighted by molar-refractivity contribution is 0.0524. The third-order valence-corrected chi connectivity index (χ3v) is 2.31. The number of alkyl carbamates (subject to hydrolysis) is 1. The molecule has 0 aliphatic heterocycles. The molecule has 0 radical (unpaired) electrons. The Morgan fingerprint density at radius 1 is 1.42 bits per heavy atom. The molecule has 5 N–H and O–H groups in total. The maximum Gasteiger partial charge on any atom is 0.407 e. The highest BCUT2D eigenvalue weighted by atomic mass is 16.6. The molecular weight excluding hydrogens is 248 g/mol. The van der Waals surface area contributed by atoms with Gasteiger partial charge in [0, 0.05) is 12.1 Å². The van der Waals surface area contributed by atoms with Gasteiger partial charge in [-0.3, -0.25) is 0 Å². The number of nitrogens with two attached hydrogens (primary N) is 1. The van der Waals surface area contributed by atoms with E-state index in [1.165, 1.54) is 6.07 Å². The first-order valence-electron chi connectivity index (χ1n) is 5.94. The zero-order valence-electron chi connectivity index (χ0n) is 11.3. The van der Waals surface area contributed by atoms with E-state index >= 15 is 0 Å². The van der Waals surface area contributed by atoms with Gasteiger partial charge in [0.2, 0.25) is 0 Å². The van der Waals surface area contributed by atoms with Crippen LogP contribution in [0.2, 0.25) is 0 Å². The third-order valence-electron chi connectivity index (χ3n) is 2.31. The molecule has 1 aromatic rings. The molecule has 0 spiro atoms. The molecule has 0 saturated carbocycles. The Labute approximate surface area is 112 Å². The largest absolute Gasteiger partial charge is 0.504 e. The summed E-state index contributed by atoms with van der Waals surface area (Å²) in [5.74, 6) is -0.522. The molecule has 6 nitrogen and oxygen atoms in total. The average Bonchev–Trinajstić information content (AvgIpc) is 2.27. The molecule has 1 atom stereocenters. The second kappa shape index (κ2) is 5.79. The predicted octanol–water partition coefficient (Wildman–Crippen LogP) is 1.62. The van der Waals surface area contributed by atoms with E-state index in [1.807, 2.05) is 0 Å². The van der Waals surface area contributed by atoms with E-state index in [-0.39, 0.29) is 18.0 Å². The van der Waals surface area contributed by atoms with Crippen LogP contribution < -0.4 is 11.1 Å². The smallest absolute Gasteiger partial charge is 0.407 e. The molecule has 0 fully saturated rings. The van der Waals surface area contributed by atoms with E-state index in [2.05, 4.69) is 5.32 Å². The summed E-state index contributed by atoms with van der Waals surface area (Å²) in [5.41, 5.74) is 5.61. The number of para-hydroxylation sites is 1. The van der Waals surface area contributed by atoms with E-state index in [0.29, 0.717) is 5.56 Å². The Balaban J connectivity index is 2.59. The highest BCUT2D eigenvalue weighted by Crippen LogP contribution is 2.31. The number of carbonyl (C=O) groups excluding carboxylic acids is 1. The van der Waals surface area contributed by atoms with Gasteiger partial charge in [-0.2, -0.15) is 0 Å². The topological polar surface area (TPSA) is 105 Å². The summed E-state index contributed by atoms with van der Waals surface area (Å²) in [4.78, 5) is 11.4. The fourth-order valence-corrected chi connectivity index (χ4v) is 1.47. The van der Waals surface area contributed by atoms with Gasteiger partial charge in [0.1, 0.15) is 5.60 Å².